The van der Waals surface area contributed by atoms with Crippen molar-refractivity contribution in [1.82, 2.24) is 0 Å². The van der Waals surface area contributed by atoms with Crippen LogP contribution in [0.5, 0.6) is 5.75 Å². The predicted molar refractivity (Wildman–Crippen MR) is 77.2 cm³/mol. The van der Waals surface area contributed by atoms with Gasteiger partial charge in [-0.3, -0.25) is 0 Å². The molecule has 0 saturated carbocycles. The van der Waals surface area contributed by atoms with Crippen molar-refractivity contribution in [3.8, 4) is 5.75 Å². The molecule has 0 bridgehead atoms. The van der Waals surface area contributed by atoms with E-state index >= 15 is 0 Å². The molecule has 2 aromatic rings. The molecule has 1 aliphatic rings. The van der Waals surface area contributed by atoms with E-state index in [9.17, 15) is 8.78 Å². The summed E-state index contributed by atoms with van der Waals surface area (Å²) in [5, 5.41) is 0. The highest BCUT2D eigenvalue weighted by Crippen LogP contribution is 2.39. The summed E-state index contributed by atoms with van der Waals surface area (Å²) < 4.78 is 31.6. The van der Waals surface area contributed by atoms with E-state index < -0.39 is 17.2 Å². The highest BCUT2D eigenvalue weighted by Gasteiger charge is 2.35. The van der Waals surface area contributed by atoms with E-state index in [1.807, 2.05) is 18.2 Å². The zero-order valence-electron chi connectivity index (χ0n) is 11.8. The summed E-state index contributed by atoms with van der Waals surface area (Å²) in [5.41, 5.74) is 8.91. The van der Waals surface area contributed by atoms with Crippen molar-refractivity contribution in [3.05, 3.63) is 64.7 Å². The molecule has 0 amide bonds. The van der Waals surface area contributed by atoms with Gasteiger partial charge in [0, 0.05) is 5.54 Å². The Kier molecular flexibility index (Phi) is 3.41. The molecule has 1 unspecified atom stereocenters. The predicted octanol–water partition coefficient (Wildman–Crippen LogP) is 3.32. The van der Waals surface area contributed by atoms with Crippen LogP contribution in [0.15, 0.2) is 36.4 Å². The molecule has 2 aromatic carbocycles. The lowest BCUT2D eigenvalue weighted by Crippen LogP contribution is -2.36. The maximum absolute atomic E-state index is 13.4. The van der Waals surface area contributed by atoms with Crippen molar-refractivity contribution in [2.45, 2.75) is 24.8 Å². The summed E-state index contributed by atoms with van der Waals surface area (Å²) in [6.45, 7) is 0. The van der Waals surface area contributed by atoms with E-state index in [-0.39, 0.29) is 0 Å². The third kappa shape index (κ3) is 2.51. The Morgan fingerprint density at radius 3 is 2.67 bits per heavy atom. The summed E-state index contributed by atoms with van der Waals surface area (Å²) in [6.07, 6.45) is 2.15. The van der Waals surface area contributed by atoms with Crippen molar-refractivity contribution in [1.29, 1.82) is 0 Å². The molecule has 4 heteroatoms. The molecular formula is C17H17F2NO. The number of rotatable bonds is 3. The summed E-state index contributed by atoms with van der Waals surface area (Å²) in [4.78, 5) is 0. The number of hydrogen-bond acceptors (Lipinski definition) is 2. The van der Waals surface area contributed by atoms with Crippen LogP contribution in [0, 0.1) is 11.6 Å². The van der Waals surface area contributed by atoms with Gasteiger partial charge in [-0.1, -0.05) is 12.1 Å². The van der Waals surface area contributed by atoms with Gasteiger partial charge in [-0.15, -0.1) is 0 Å². The molecule has 0 fully saturated rings. The number of methoxy groups -OCH3 is 1. The van der Waals surface area contributed by atoms with Gasteiger partial charge in [0.25, 0.3) is 0 Å². The largest absolute Gasteiger partial charge is 0.497 e. The number of hydrogen-bond donors (Lipinski definition) is 1. The molecule has 2 nitrogen and oxygen atoms in total. The Bertz CT molecular complexity index is 686. The average molecular weight is 289 g/mol. The van der Waals surface area contributed by atoms with Crippen LogP contribution >= 0.6 is 0 Å². The van der Waals surface area contributed by atoms with Gasteiger partial charge in [0.1, 0.15) is 5.75 Å². The van der Waals surface area contributed by atoms with Gasteiger partial charge in [-0.05, 0) is 60.2 Å². The van der Waals surface area contributed by atoms with Gasteiger partial charge in [0.05, 0.1) is 7.11 Å². The fraction of sp³-hybridized carbons (Fsp3) is 0.294. The number of benzene rings is 2. The van der Waals surface area contributed by atoms with E-state index in [1.54, 1.807) is 13.2 Å². The first kappa shape index (κ1) is 14.0. The highest BCUT2D eigenvalue weighted by molar-refractivity contribution is 5.44. The number of halogens is 2. The van der Waals surface area contributed by atoms with E-state index in [4.69, 9.17) is 10.5 Å². The van der Waals surface area contributed by atoms with Crippen molar-refractivity contribution in [2.75, 3.05) is 7.11 Å². The summed E-state index contributed by atoms with van der Waals surface area (Å²) in [5.74, 6) is -0.908. The lowest BCUT2D eigenvalue weighted by Gasteiger charge is -2.26. The Labute approximate surface area is 122 Å². The first-order valence-corrected chi connectivity index (χ1v) is 6.92. The first-order chi connectivity index (χ1) is 10.0. The molecular weight excluding hydrogens is 272 g/mol. The topological polar surface area (TPSA) is 35.2 Å². The summed E-state index contributed by atoms with van der Waals surface area (Å²) >= 11 is 0. The molecule has 21 heavy (non-hydrogen) atoms. The van der Waals surface area contributed by atoms with Crippen LogP contribution in [0.4, 0.5) is 8.78 Å². The van der Waals surface area contributed by atoms with Crippen molar-refractivity contribution >= 4 is 0 Å². The average Bonchev–Trinajstić information content (AvgIpc) is 2.80. The SMILES string of the molecule is COc1ccc2c(c1)C(N)(Cc1ccc(F)c(F)c1)CC2. The number of nitrogens with two attached hydrogens (primary N) is 1. The van der Waals surface area contributed by atoms with Crippen LogP contribution in [-0.4, -0.2) is 7.11 Å². The molecule has 0 spiro atoms. The molecule has 0 heterocycles. The lowest BCUT2D eigenvalue weighted by atomic mass is 9.86. The number of fused-ring (bicyclic) bond motifs is 1. The van der Waals surface area contributed by atoms with Gasteiger partial charge < -0.3 is 10.5 Å². The van der Waals surface area contributed by atoms with Crippen LogP contribution < -0.4 is 10.5 Å². The van der Waals surface area contributed by atoms with Crippen LogP contribution in [0.1, 0.15) is 23.1 Å². The third-order valence-electron chi connectivity index (χ3n) is 4.20. The van der Waals surface area contributed by atoms with Gasteiger partial charge in [-0.2, -0.15) is 0 Å². The Morgan fingerprint density at radius 1 is 1.14 bits per heavy atom. The van der Waals surface area contributed by atoms with Gasteiger partial charge in [0.15, 0.2) is 11.6 Å². The van der Waals surface area contributed by atoms with Crippen LogP contribution in [-0.2, 0) is 18.4 Å². The van der Waals surface area contributed by atoms with Crippen molar-refractivity contribution in [3.63, 3.8) is 0 Å². The Balaban J connectivity index is 1.94. The molecule has 0 aliphatic heterocycles. The quantitative estimate of drug-likeness (QED) is 0.940. The van der Waals surface area contributed by atoms with Crippen molar-refractivity contribution < 1.29 is 13.5 Å². The van der Waals surface area contributed by atoms with Gasteiger partial charge in [0.2, 0.25) is 0 Å². The Hall–Kier alpha value is -1.94. The maximum Gasteiger partial charge on any atom is 0.159 e. The van der Waals surface area contributed by atoms with Gasteiger partial charge in [-0.25, -0.2) is 8.78 Å². The second-order valence-electron chi connectivity index (χ2n) is 5.60. The standard InChI is InChI=1S/C17H17F2NO/c1-21-13-4-3-12-6-7-17(20,14(12)9-13)10-11-2-5-15(18)16(19)8-11/h2-5,8-9H,6-7,10,20H2,1H3. The van der Waals surface area contributed by atoms with E-state index in [0.29, 0.717) is 12.0 Å². The zero-order valence-corrected chi connectivity index (χ0v) is 11.8. The molecule has 1 aliphatic carbocycles. The van der Waals surface area contributed by atoms with Crippen LogP contribution in [0.2, 0.25) is 0 Å². The van der Waals surface area contributed by atoms with E-state index in [0.717, 1.165) is 30.2 Å². The first-order valence-electron chi connectivity index (χ1n) is 6.92. The number of ether oxygens (including phenoxy) is 1. The van der Waals surface area contributed by atoms with E-state index in [1.165, 1.54) is 11.6 Å². The molecule has 0 radical (unpaired) electrons. The van der Waals surface area contributed by atoms with Gasteiger partial charge >= 0.3 is 0 Å². The zero-order chi connectivity index (χ0) is 15.0. The third-order valence-corrected chi connectivity index (χ3v) is 4.20. The van der Waals surface area contributed by atoms with Crippen LogP contribution in [0.3, 0.4) is 0 Å². The number of aryl methyl sites for hydroxylation is 1. The van der Waals surface area contributed by atoms with E-state index in [2.05, 4.69) is 0 Å². The molecule has 3 rings (SSSR count). The smallest absolute Gasteiger partial charge is 0.159 e. The molecule has 0 aromatic heterocycles. The summed E-state index contributed by atoms with van der Waals surface area (Å²) in [7, 11) is 1.62. The minimum atomic E-state index is -0.835. The fourth-order valence-corrected chi connectivity index (χ4v) is 3.05. The highest BCUT2D eigenvalue weighted by atomic mass is 19.2. The van der Waals surface area contributed by atoms with Crippen molar-refractivity contribution in [2.24, 2.45) is 5.73 Å². The molecule has 2 N–H and O–H groups in total. The van der Waals surface area contributed by atoms with Crippen LogP contribution in [0.25, 0.3) is 0 Å². The second kappa shape index (κ2) is 5.11. The monoisotopic (exact) mass is 289 g/mol. The fourth-order valence-electron chi connectivity index (χ4n) is 3.05. The molecule has 110 valence electrons. The minimum absolute atomic E-state index is 0.477. The molecule has 0 saturated heterocycles. The normalized spacial score (nSPS) is 20.4. The maximum atomic E-state index is 13.4. The minimum Gasteiger partial charge on any atom is -0.497 e. The lowest BCUT2D eigenvalue weighted by molar-refractivity contribution is 0.407. The molecule has 1 atom stereocenters. The Morgan fingerprint density at radius 2 is 1.95 bits per heavy atom. The summed E-state index contributed by atoms with van der Waals surface area (Å²) in [6, 6.07) is 9.85. The second-order valence-corrected chi connectivity index (χ2v) is 5.60.